The minimum atomic E-state index is -0.917. The van der Waals surface area contributed by atoms with Crippen molar-refractivity contribution < 1.29 is 17.6 Å². The second-order valence-corrected chi connectivity index (χ2v) is 10.4. The molecular formula is C29H36F4. The third kappa shape index (κ3) is 5.81. The van der Waals surface area contributed by atoms with Gasteiger partial charge < -0.3 is 0 Å². The molecule has 2 aliphatic rings. The minimum Gasteiger partial charge on any atom is -0.204 e. The predicted octanol–water partition coefficient (Wildman–Crippen LogP) is 8.91. The van der Waals surface area contributed by atoms with Crippen molar-refractivity contribution in [2.75, 3.05) is 0 Å². The molecule has 0 spiro atoms. The fourth-order valence-corrected chi connectivity index (χ4v) is 6.35. The van der Waals surface area contributed by atoms with Gasteiger partial charge in [-0.3, -0.25) is 0 Å². The lowest BCUT2D eigenvalue weighted by Crippen LogP contribution is -2.25. The van der Waals surface area contributed by atoms with Crippen LogP contribution in [0.4, 0.5) is 17.6 Å². The van der Waals surface area contributed by atoms with Crippen molar-refractivity contribution in [3.05, 3.63) is 70.3 Å². The molecule has 0 saturated heterocycles. The van der Waals surface area contributed by atoms with Crippen LogP contribution in [0, 0.1) is 41.0 Å². The molecule has 4 rings (SSSR count). The van der Waals surface area contributed by atoms with E-state index in [1.54, 1.807) is 12.1 Å². The topological polar surface area (TPSA) is 0 Å². The number of rotatable bonds is 7. The summed E-state index contributed by atoms with van der Waals surface area (Å²) in [7, 11) is 0. The number of aryl methyl sites for hydroxylation is 2. The Labute approximate surface area is 195 Å². The van der Waals surface area contributed by atoms with Gasteiger partial charge in [0.05, 0.1) is 0 Å². The summed E-state index contributed by atoms with van der Waals surface area (Å²) in [6, 6.07) is 7.09. The molecule has 0 bridgehead atoms. The Balaban J connectivity index is 1.32. The van der Waals surface area contributed by atoms with E-state index < -0.39 is 23.3 Å². The van der Waals surface area contributed by atoms with Gasteiger partial charge in [0.15, 0.2) is 23.3 Å². The van der Waals surface area contributed by atoms with Gasteiger partial charge in [0.2, 0.25) is 0 Å². The molecule has 2 aromatic rings. The van der Waals surface area contributed by atoms with E-state index in [0.717, 1.165) is 55.6 Å². The second-order valence-electron chi connectivity index (χ2n) is 10.4. The van der Waals surface area contributed by atoms with Crippen molar-refractivity contribution in [1.82, 2.24) is 0 Å². The van der Waals surface area contributed by atoms with Gasteiger partial charge >= 0.3 is 0 Å². The van der Waals surface area contributed by atoms with Gasteiger partial charge in [-0.15, -0.1) is 0 Å². The summed E-state index contributed by atoms with van der Waals surface area (Å²) >= 11 is 0. The summed E-state index contributed by atoms with van der Waals surface area (Å²) in [6.45, 7) is 2.27. The SMILES string of the molecule is CCCC1CCC(C2CCC(c3ccc(CCc4ccc(F)c(F)c4)c(F)c3F)CC2)CC1. The van der Waals surface area contributed by atoms with Crippen LogP contribution in [0.2, 0.25) is 0 Å². The Morgan fingerprint density at radius 1 is 0.697 bits per heavy atom. The molecule has 4 heteroatoms. The van der Waals surface area contributed by atoms with Gasteiger partial charge in [0.1, 0.15) is 0 Å². The molecule has 0 atom stereocenters. The van der Waals surface area contributed by atoms with Crippen molar-refractivity contribution in [2.45, 2.75) is 89.9 Å². The van der Waals surface area contributed by atoms with Gasteiger partial charge in [-0.25, -0.2) is 17.6 Å². The highest BCUT2D eigenvalue weighted by Crippen LogP contribution is 2.45. The molecule has 0 radical (unpaired) electrons. The standard InChI is InChI=1S/C29H36F4/c1-2-3-19-4-8-21(9-5-19)22-11-13-23(14-12-22)25-16-15-24(28(32)29(25)33)10-6-20-7-17-26(30)27(31)18-20/h7,15-19,21-23H,2-6,8-14H2,1H3. The zero-order valence-corrected chi connectivity index (χ0v) is 19.7. The fraction of sp³-hybridized carbons (Fsp3) is 0.586. The first-order chi connectivity index (χ1) is 16.0. The Hall–Kier alpha value is -1.84. The first kappa shape index (κ1) is 24.3. The predicted molar refractivity (Wildman–Crippen MR) is 125 cm³/mol. The van der Waals surface area contributed by atoms with Crippen LogP contribution in [-0.4, -0.2) is 0 Å². The van der Waals surface area contributed by atoms with E-state index >= 15 is 0 Å². The Morgan fingerprint density at radius 3 is 2.00 bits per heavy atom. The fourth-order valence-electron chi connectivity index (χ4n) is 6.35. The summed E-state index contributed by atoms with van der Waals surface area (Å²) in [5.74, 6) is -0.759. The van der Waals surface area contributed by atoms with Crippen LogP contribution in [0.1, 0.15) is 93.7 Å². The van der Waals surface area contributed by atoms with Gasteiger partial charge in [0, 0.05) is 0 Å². The molecule has 2 aromatic carbocycles. The van der Waals surface area contributed by atoms with Crippen LogP contribution in [-0.2, 0) is 12.8 Å². The van der Waals surface area contributed by atoms with Crippen molar-refractivity contribution >= 4 is 0 Å². The monoisotopic (exact) mass is 460 g/mol. The Kier molecular flexibility index (Phi) is 8.14. The Morgan fingerprint density at radius 2 is 1.36 bits per heavy atom. The number of benzene rings is 2. The average Bonchev–Trinajstić information content (AvgIpc) is 2.83. The summed E-state index contributed by atoms with van der Waals surface area (Å²) in [5.41, 5.74) is 1.37. The maximum atomic E-state index is 15.0. The van der Waals surface area contributed by atoms with Crippen LogP contribution in [0.3, 0.4) is 0 Å². The molecule has 33 heavy (non-hydrogen) atoms. The highest BCUT2D eigenvalue weighted by Gasteiger charge is 2.32. The molecule has 0 nitrogen and oxygen atoms in total. The van der Waals surface area contributed by atoms with E-state index in [-0.39, 0.29) is 12.3 Å². The largest absolute Gasteiger partial charge is 0.204 e. The van der Waals surface area contributed by atoms with Crippen LogP contribution in [0.25, 0.3) is 0 Å². The number of hydrogen-bond donors (Lipinski definition) is 0. The summed E-state index contributed by atoms with van der Waals surface area (Å²) in [6.07, 6.45) is 12.8. The van der Waals surface area contributed by atoms with E-state index in [0.29, 0.717) is 23.1 Å². The third-order valence-corrected chi connectivity index (χ3v) is 8.33. The summed E-state index contributed by atoms with van der Waals surface area (Å²) in [5, 5.41) is 0. The molecule has 0 amide bonds. The normalized spacial score (nSPS) is 25.8. The third-order valence-electron chi connectivity index (χ3n) is 8.33. The van der Waals surface area contributed by atoms with E-state index in [1.807, 2.05) is 0 Å². The van der Waals surface area contributed by atoms with Crippen molar-refractivity contribution in [2.24, 2.45) is 17.8 Å². The molecule has 2 aliphatic carbocycles. The van der Waals surface area contributed by atoms with Gasteiger partial charge in [-0.2, -0.15) is 0 Å². The number of hydrogen-bond acceptors (Lipinski definition) is 0. The lowest BCUT2D eigenvalue weighted by Gasteiger charge is -2.38. The smallest absolute Gasteiger partial charge is 0.162 e. The van der Waals surface area contributed by atoms with Gasteiger partial charge in [-0.1, -0.05) is 50.8 Å². The highest BCUT2D eigenvalue weighted by molar-refractivity contribution is 5.30. The molecule has 0 aromatic heterocycles. The molecule has 2 fully saturated rings. The lowest BCUT2D eigenvalue weighted by molar-refractivity contribution is 0.156. The van der Waals surface area contributed by atoms with E-state index in [1.165, 1.54) is 44.6 Å². The van der Waals surface area contributed by atoms with Gasteiger partial charge in [-0.05, 0) is 104 Å². The van der Waals surface area contributed by atoms with E-state index in [4.69, 9.17) is 0 Å². The maximum Gasteiger partial charge on any atom is 0.162 e. The lowest BCUT2D eigenvalue weighted by atomic mass is 9.68. The number of halogens is 4. The summed E-state index contributed by atoms with van der Waals surface area (Å²) < 4.78 is 56.3. The van der Waals surface area contributed by atoms with Crippen LogP contribution in [0.5, 0.6) is 0 Å². The average molecular weight is 461 g/mol. The van der Waals surface area contributed by atoms with E-state index in [2.05, 4.69) is 6.92 Å². The summed E-state index contributed by atoms with van der Waals surface area (Å²) in [4.78, 5) is 0. The van der Waals surface area contributed by atoms with Crippen LogP contribution >= 0.6 is 0 Å². The molecule has 180 valence electrons. The van der Waals surface area contributed by atoms with E-state index in [9.17, 15) is 17.6 Å². The first-order valence-electron chi connectivity index (χ1n) is 12.9. The molecule has 0 aliphatic heterocycles. The minimum absolute atomic E-state index is 0.0902. The highest BCUT2D eigenvalue weighted by atomic mass is 19.2. The molecular weight excluding hydrogens is 424 g/mol. The first-order valence-corrected chi connectivity index (χ1v) is 12.9. The second kappa shape index (κ2) is 11.1. The molecule has 0 N–H and O–H groups in total. The van der Waals surface area contributed by atoms with Gasteiger partial charge in [0.25, 0.3) is 0 Å². The van der Waals surface area contributed by atoms with Crippen LogP contribution in [0.15, 0.2) is 30.3 Å². The van der Waals surface area contributed by atoms with Crippen molar-refractivity contribution in [3.8, 4) is 0 Å². The molecule has 0 unspecified atom stereocenters. The zero-order valence-electron chi connectivity index (χ0n) is 19.7. The zero-order chi connectivity index (χ0) is 23.4. The Bertz CT molecular complexity index is 921. The van der Waals surface area contributed by atoms with Crippen molar-refractivity contribution in [3.63, 3.8) is 0 Å². The maximum absolute atomic E-state index is 15.0. The van der Waals surface area contributed by atoms with Crippen LogP contribution < -0.4 is 0 Å². The van der Waals surface area contributed by atoms with Crippen molar-refractivity contribution in [1.29, 1.82) is 0 Å². The molecule has 0 heterocycles. The quantitative estimate of drug-likeness (QED) is 0.362. The molecule has 2 saturated carbocycles.